The highest BCUT2D eigenvalue weighted by atomic mass is 33.1. The van der Waals surface area contributed by atoms with Crippen LogP contribution in [0.4, 0.5) is 0 Å². The van der Waals surface area contributed by atoms with Crippen molar-refractivity contribution in [1.29, 1.82) is 0 Å². The Morgan fingerprint density at radius 2 is 1.42 bits per heavy atom. The minimum absolute atomic E-state index is 0.0287. The van der Waals surface area contributed by atoms with Gasteiger partial charge in [-0.15, -0.1) is 0 Å². The number of hydrogen-bond donors (Lipinski definition) is 1. The molecule has 9 aliphatic rings. The molecule has 9 aliphatic heterocycles. The summed E-state index contributed by atoms with van der Waals surface area (Å²) in [5.74, 6) is 5.38. The van der Waals surface area contributed by atoms with Gasteiger partial charge < -0.3 is 19.5 Å². The normalized spacial score (nSPS) is 42.5. The molecule has 9 fully saturated rings. The van der Waals surface area contributed by atoms with E-state index >= 15 is 0 Å². The Morgan fingerprint density at radius 1 is 0.618 bits per heavy atom. The lowest BCUT2D eigenvalue weighted by molar-refractivity contribution is -0.373. The maximum atomic E-state index is 7.47. The van der Waals surface area contributed by atoms with Gasteiger partial charge >= 0.3 is 0 Å². The van der Waals surface area contributed by atoms with Gasteiger partial charge in [-0.05, 0) is 88.7 Å². The summed E-state index contributed by atoms with van der Waals surface area (Å²) in [5, 5.41) is 10.9. The summed E-state index contributed by atoms with van der Waals surface area (Å²) in [7, 11) is 4.33. The van der Waals surface area contributed by atoms with E-state index in [1.54, 1.807) is 12.0 Å². The summed E-state index contributed by atoms with van der Waals surface area (Å²) in [5.41, 5.74) is -0.634. The number of piperazine rings is 1. The van der Waals surface area contributed by atoms with E-state index < -0.39 is 11.3 Å². The second-order valence-electron chi connectivity index (χ2n) is 16.9. The van der Waals surface area contributed by atoms with E-state index in [0.717, 1.165) is 90.7 Å². The predicted molar refractivity (Wildman–Crippen MR) is 233 cm³/mol. The highest BCUT2D eigenvalue weighted by Gasteiger charge is 2.77. The Morgan fingerprint density at radius 3 is 2.13 bits per heavy atom. The molecule has 55 heavy (non-hydrogen) atoms. The molecule has 9 rings (SSSR count). The van der Waals surface area contributed by atoms with Crippen LogP contribution in [0.25, 0.3) is 0 Å². The molecule has 16 heteroatoms. The third-order valence-corrected chi connectivity index (χ3v) is 20.5. The molecule has 9 heterocycles. The number of thioether (sulfide) groups is 2. The highest BCUT2D eigenvalue weighted by molar-refractivity contribution is 8.77. The van der Waals surface area contributed by atoms with Crippen molar-refractivity contribution in [2.45, 2.75) is 110 Å². The molecule has 11 nitrogen and oxygen atoms in total. The number of nitrogens with zero attached hydrogens (tertiary/aromatic N) is 6. The molecule has 0 spiro atoms. The molecule has 0 aromatic carbocycles. The van der Waals surface area contributed by atoms with Gasteiger partial charge in [0.25, 0.3) is 0 Å². The third kappa shape index (κ3) is 7.76. The predicted octanol–water partition coefficient (Wildman–Crippen LogP) is 4.80. The molecule has 314 valence electrons. The maximum Gasteiger partial charge on any atom is 0.168 e. The lowest BCUT2D eigenvalue weighted by Crippen LogP contribution is -2.94. The van der Waals surface area contributed by atoms with Crippen molar-refractivity contribution in [3.8, 4) is 0 Å². The SMILES string of the molecule is C1CCN(C2(C3CCCCS3)CCN(C3CCCSO3)C(C3COCCO3)(C3CCCSS3)C(N3CCNCC3)(N3CCSCC3)N2N2CCOCC2)CC1. The number of rotatable bonds is 8. The molecule has 0 bridgehead atoms. The van der Waals surface area contributed by atoms with Crippen LogP contribution in [0, 0.1) is 0 Å². The fourth-order valence-corrected chi connectivity index (χ4v) is 18.6. The van der Waals surface area contributed by atoms with Gasteiger partial charge in [-0.1, -0.05) is 34.4 Å². The molecule has 0 amide bonds. The Bertz CT molecular complexity index is 1130. The summed E-state index contributed by atoms with van der Waals surface area (Å²) in [6.45, 7) is 15.0. The van der Waals surface area contributed by atoms with Crippen molar-refractivity contribution in [1.82, 2.24) is 34.9 Å². The minimum atomic E-state index is -0.522. The summed E-state index contributed by atoms with van der Waals surface area (Å²) in [4.78, 5) is 12.3. The zero-order chi connectivity index (χ0) is 37.0. The number of ether oxygens (including phenoxy) is 3. The van der Waals surface area contributed by atoms with E-state index in [0.29, 0.717) is 30.3 Å². The summed E-state index contributed by atoms with van der Waals surface area (Å²) in [6, 6.07) is 0. The minimum Gasteiger partial charge on any atom is -0.379 e. The molecule has 0 saturated carbocycles. The average Bonchev–Trinajstić information content (AvgIpc) is 3.41. The fraction of sp³-hybridized carbons (Fsp3) is 1.00. The van der Waals surface area contributed by atoms with E-state index in [9.17, 15) is 0 Å². The molecule has 0 aromatic rings. The number of morpholine rings is 1. The van der Waals surface area contributed by atoms with Crippen molar-refractivity contribution in [2.24, 2.45) is 0 Å². The van der Waals surface area contributed by atoms with E-state index in [2.05, 4.69) is 80.0 Å². The Kier molecular flexibility index (Phi) is 14.8. The van der Waals surface area contributed by atoms with Crippen LogP contribution in [0.1, 0.15) is 70.6 Å². The lowest BCUT2D eigenvalue weighted by Gasteiger charge is -2.74. The van der Waals surface area contributed by atoms with Crippen molar-refractivity contribution in [3.05, 3.63) is 0 Å². The quantitative estimate of drug-likeness (QED) is 0.269. The largest absolute Gasteiger partial charge is 0.379 e. The van der Waals surface area contributed by atoms with E-state index in [4.69, 9.17) is 18.4 Å². The van der Waals surface area contributed by atoms with Crippen molar-refractivity contribution < 1.29 is 18.4 Å². The topological polar surface area (TPSA) is 68.4 Å². The zero-order valence-electron chi connectivity index (χ0n) is 33.3. The molecule has 9 saturated heterocycles. The summed E-state index contributed by atoms with van der Waals surface area (Å²) in [6.07, 6.45) is 13.6. The monoisotopic (exact) mass is 859 g/mol. The van der Waals surface area contributed by atoms with Gasteiger partial charge in [0, 0.05) is 92.4 Å². The van der Waals surface area contributed by atoms with Crippen LogP contribution < -0.4 is 5.32 Å². The molecular weight excluding hydrogens is 791 g/mol. The number of nitrogens with one attached hydrogen (secondary N) is 1. The molecule has 0 aromatic heterocycles. The summed E-state index contributed by atoms with van der Waals surface area (Å²) >= 11 is 6.22. The van der Waals surface area contributed by atoms with Crippen LogP contribution in [-0.2, 0) is 18.4 Å². The maximum absolute atomic E-state index is 7.47. The van der Waals surface area contributed by atoms with Gasteiger partial charge in [0.2, 0.25) is 0 Å². The van der Waals surface area contributed by atoms with Crippen LogP contribution in [0.2, 0.25) is 0 Å². The van der Waals surface area contributed by atoms with Gasteiger partial charge in [0.05, 0.1) is 33.0 Å². The fourth-order valence-electron chi connectivity index (χ4n) is 12.0. The van der Waals surface area contributed by atoms with Crippen LogP contribution in [0.5, 0.6) is 0 Å². The van der Waals surface area contributed by atoms with Gasteiger partial charge in [0.15, 0.2) is 5.79 Å². The van der Waals surface area contributed by atoms with Crippen LogP contribution in [0.15, 0.2) is 0 Å². The highest BCUT2D eigenvalue weighted by Crippen LogP contribution is 2.61. The molecular formula is C39H69N7O4S5. The number of piperidine rings is 1. The Labute approximate surface area is 352 Å². The number of hydrogen-bond acceptors (Lipinski definition) is 16. The van der Waals surface area contributed by atoms with Gasteiger partial charge in [-0.25, -0.2) is 5.01 Å². The average molecular weight is 860 g/mol. The smallest absolute Gasteiger partial charge is 0.168 e. The Hall–Kier alpha value is 1.31. The van der Waals surface area contributed by atoms with Crippen LogP contribution in [-0.4, -0.2) is 203 Å². The first-order valence-electron chi connectivity index (χ1n) is 22.1. The standard InChI is InChI=1S/C39H69N7O4S5/c1-3-14-41(15-4-1)37(34-8-2-5-27-52-34)11-16-45(36-10-7-28-53-50-36)38(33-32-48-25-26-49-33,35-9-6-29-54-55-35)39(42-17-12-40-13-18-42,43-21-30-51-31-22-43)46(37)44-19-23-47-24-20-44/h33-36,40H,1-32H2. The zero-order valence-corrected chi connectivity index (χ0v) is 37.4. The van der Waals surface area contributed by atoms with Crippen molar-refractivity contribution in [2.75, 3.05) is 134 Å². The van der Waals surface area contributed by atoms with Gasteiger partial charge in [-0.2, -0.15) is 28.5 Å². The Balaban J connectivity index is 1.40. The van der Waals surface area contributed by atoms with Crippen molar-refractivity contribution >= 4 is 57.2 Å². The third-order valence-electron chi connectivity index (χ3n) is 14.2. The lowest BCUT2D eigenvalue weighted by atomic mass is 9.73. The molecule has 0 aliphatic carbocycles. The molecule has 0 radical (unpaired) electrons. The first kappa shape index (κ1) is 41.7. The number of hydrazine groups is 1. The van der Waals surface area contributed by atoms with E-state index in [-0.39, 0.29) is 18.0 Å². The first-order chi connectivity index (χ1) is 27.3. The van der Waals surface area contributed by atoms with Gasteiger partial charge in [-0.3, -0.25) is 23.8 Å². The van der Waals surface area contributed by atoms with Gasteiger partial charge in [0.1, 0.15) is 23.5 Å². The van der Waals surface area contributed by atoms with Crippen LogP contribution >= 0.6 is 57.2 Å². The van der Waals surface area contributed by atoms with E-state index in [1.165, 1.54) is 93.9 Å². The molecule has 7 atom stereocenters. The van der Waals surface area contributed by atoms with Crippen LogP contribution in [0.3, 0.4) is 0 Å². The first-order valence-corrected chi connectivity index (χ1v) is 27.6. The molecule has 7 unspecified atom stereocenters. The second kappa shape index (κ2) is 19.6. The molecule has 1 N–H and O–H groups in total. The second-order valence-corrected chi connectivity index (χ2v) is 23.0. The van der Waals surface area contributed by atoms with E-state index in [1.807, 2.05) is 0 Å². The number of likely N-dealkylation sites (tertiary alicyclic amines) is 1. The summed E-state index contributed by atoms with van der Waals surface area (Å²) < 4.78 is 27.6. The van der Waals surface area contributed by atoms with Crippen molar-refractivity contribution in [3.63, 3.8) is 0 Å².